The van der Waals surface area contributed by atoms with Crippen LogP contribution in [0.1, 0.15) is 43.2 Å². The maximum atomic E-state index is 12.5. The number of fused-ring (bicyclic) bond motifs is 1. The van der Waals surface area contributed by atoms with Crippen molar-refractivity contribution in [3.63, 3.8) is 0 Å². The Labute approximate surface area is 160 Å². The summed E-state index contributed by atoms with van der Waals surface area (Å²) in [5, 5.41) is 0. The third-order valence-corrected chi connectivity index (χ3v) is 7.03. The van der Waals surface area contributed by atoms with Crippen LogP contribution in [0.4, 0.5) is 0 Å². The largest absolute Gasteiger partial charge is 0.342 e. The molecule has 2 saturated heterocycles. The van der Waals surface area contributed by atoms with Gasteiger partial charge in [0, 0.05) is 37.0 Å². The van der Waals surface area contributed by atoms with Crippen molar-refractivity contribution in [3.05, 3.63) is 29.3 Å². The zero-order chi connectivity index (χ0) is 17.9. The van der Waals surface area contributed by atoms with Gasteiger partial charge in [0.15, 0.2) is 0 Å². The van der Waals surface area contributed by atoms with Crippen LogP contribution >= 0.6 is 11.8 Å². The molecule has 2 aliphatic heterocycles. The molecule has 2 amide bonds. The lowest BCUT2D eigenvalue weighted by atomic mass is 9.95. The van der Waals surface area contributed by atoms with E-state index in [1.54, 1.807) is 11.8 Å². The average molecular weight is 373 g/mol. The van der Waals surface area contributed by atoms with Crippen LogP contribution in [-0.4, -0.2) is 53.5 Å². The SMILES string of the molecule is O=C(CSc1ccc2c(c1)CCC2)N1CCC(C(=O)N2CCCC2)CC1. The third-order valence-electron chi connectivity index (χ3n) is 6.05. The van der Waals surface area contributed by atoms with Crippen molar-refractivity contribution in [2.24, 2.45) is 5.92 Å². The predicted molar refractivity (Wildman–Crippen MR) is 104 cm³/mol. The van der Waals surface area contributed by atoms with E-state index in [0.717, 1.165) is 51.9 Å². The van der Waals surface area contributed by atoms with Crippen molar-refractivity contribution < 1.29 is 9.59 Å². The topological polar surface area (TPSA) is 40.6 Å². The molecule has 0 N–H and O–H groups in total. The van der Waals surface area contributed by atoms with E-state index in [9.17, 15) is 9.59 Å². The van der Waals surface area contributed by atoms with Crippen LogP contribution in [0.15, 0.2) is 23.1 Å². The first-order valence-electron chi connectivity index (χ1n) is 10.0. The standard InChI is InChI=1S/C21H28N2O2S/c24-20(15-26-19-7-6-16-4-3-5-18(16)14-19)22-12-8-17(9-13-22)21(25)23-10-1-2-11-23/h6-7,14,17H,1-5,8-13,15H2. The van der Waals surface area contributed by atoms with E-state index in [2.05, 4.69) is 18.2 Å². The van der Waals surface area contributed by atoms with E-state index in [1.807, 2.05) is 9.80 Å². The Hall–Kier alpha value is -1.49. The molecular weight excluding hydrogens is 344 g/mol. The van der Waals surface area contributed by atoms with Crippen LogP contribution in [0.3, 0.4) is 0 Å². The number of thioether (sulfide) groups is 1. The lowest BCUT2D eigenvalue weighted by Gasteiger charge is -2.33. The zero-order valence-electron chi connectivity index (χ0n) is 15.4. The molecule has 0 bridgehead atoms. The normalized spacial score (nSPS) is 20.5. The number of carbonyl (C=O) groups is 2. The van der Waals surface area contributed by atoms with Crippen molar-refractivity contribution in [1.29, 1.82) is 0 Å². The minimum Gasteiger partial charge on any atom is -0.342 e. The van der Waals surface area contributed by atoms with Gasteiger partial charge >= 0.3 is 0 Å². The molecule has 0 aromatic heterocycles. The number of amides is 2. The van der Waals surface area contributed by atoms with Crippen molar-refractivity contribution in [2.75, 3.05) is 31.9 Å². The molecule has 1 aromatic carbocycles. The summed E-state index contributed by atoms with van der Waals surface area (Å²) in [6.45, 7) is 3.31. The molecule has 2 fully saturated rings. The molecule has 26 heavy (non-hydrogen) atoms. The molecule has 4 rings (SSSR count). The van der Waals surface area contributed by atoms with E-state index in [-0.39, 0.29) is 11.8 Å². The van der Waals surface area contributed by atoms with Crippen LogP contribution in [0.2, 0.25) is 0 Å². The maximum absolute atomic E-state index is 12.5. The van der Waals surface area contributed by atoms with Crippen molar-refractivity contribution in [1.82, 2.24) is 9.80 Å². The number of hydrogen-bond donors (Lipinski definition) is 0. The van der Waals surface area contributed by atoms with Gasteiger partial charge in [-0.25, -0.2) is 0 Å². The van der Waals surface area contributed by atoms with Gasteiger partial charge in [-0.2, -0.15) is 0 Å². The number of piperidine rings is 1. The molecule has 0 spiro atoms. The number of likely N-dealkylation sites (tertiary alicyclic amines) is 2. The summed E-state index contributed by atoms with van der Waals surface area (Å²) in [4.78, 5) is 30.2. The van der Waals surface area contributed by atoms with Crippen LogP contribution < -0.4 is 0 Å². The summed E-state index contributed by atoms with van der Waals surface area (Å²) in [7, 11) is 0. The fourth-order valence-corrected chi connectivity index (χ4v) is 5.31. The summed E-state index contributed by atoms with van der Waals surface area (Å²) in [5.74, 6) is 1.16. The second kappa shape index (κ2) is 8.03. The fraction of sp³-hybridized carbons (Fsp3) is 0.619. The molecular formula is C21H28N2O2S. The van der Waals surface area contributed by atoms with Gasteiger partial charge in [-0.15, -0.1) is 11.8 Å². The monoisotopic (exact) mass is 372 g/mol. The van der Waals surface area contributed by atoms with Gasteiger partial charge in [0.1, 0.15) is 0 Å². The molecule has 0 atom stereocenters. The van der Waals surface area contributed by atoms with E-state index >= 15 is 0 Å². The highest BCUT2D eigenvalue weighted by Crippen LogP contribution is 2.28. The molecule has 0 saturated carbocycles. The Kier molecular flexibility index (Phi) is 5.53. The van der Waals surface area contributed by atoms with E-state index in [1.165, 1.54) is 35.3 Å². The summed E-state index contributed by atoms with van der Waals surface area (Å²) in [6.07, 6.45) is 7.56. The van der Waals surface area contributed by atoms with E-state index in [0.29, 0.717) is 11.7 Å². The van der Waals surface area contributed by atoms with Gasteiger partial charge in [-0.05, 0) is 68.2 Å². The van der Waals surface area contributed by atoms with E-state index in [4.69, 9.17) is 0 Å². The molecule has 0 radical (unpaired) electrons. The molecule has 0 unspecified atom stereocenters. The summed E-state index contributed by atoms with van der Waals surface area (Å²) in [6, 6.07) is 6.65. The van der Waals surface area contributed by atoms with Gasteiger partial charge in [-0.1, -0.05) is 6.07 Å². The second-order valence-corrected chi connectivity index (χ2v) is 8.81. The molecule has 1 aromatic rings. The van der Waals surface area contributed by atoms with Crippen LogP contribution in [0.5, 0.6) is 0 Å². The highest BCUT2D eigenvalue weighted by atomic mass is 32.2. The Balaban J connectivity index is 1.24. The van der Waals surface area contributed by atoms with Crippen molar-refractivity contribution >= 4 is 23.6 Å². The van der Waals surface area contributed by atoms with Gasteiger partial charge in [0.25, 0.3) is 0 Å². The number of nitrogens with zero attached hydrogens (tertiary/aromatic N) is 2. The quantitative estimate of drug-likeness (QED) is 0.763. The number of rotatable bonds is 4. The lowest BCUT2D eigenvalue weighted by molar-refractivity contribution is -0.139. The average Bonchev–Trinajstić information content (AvgIpc) is 3.37. The Bertz CT molecular complexity index is 677. The minimum absolute atomic E-state index is 0.126. The Morgan fingerprint density at radius 1 is 0.923 bits per heavy atom. The molecule has 1 aliphatic carbocycles. The number of benzene rings is 1. The first kappa shape index (κ1) is 17.9. The Morgan fingerprint density at radius 3 is 2.42 bits per heavy atom. The molecule has 140 valence electrons. The highest BCUT2D eigenvalue weighted by molar-refractivity contribution is 8.00. The molecule has 5 heteroatoms. The van der Waals surface area contributed by atoms with Crippen LogP contribution in [0.25, 0.3) is 0 Å². The summed E-state index contributed by atoms with van der Waals surface area (Å²) in [5.41, 5.74) is 2.94. The second-order valence-electron chi connectivity index (χ2n) is 7.76. The summed E-state index contributed by atoms with van der Waals surface area (Å²) < 4.78 is 0. The molecule has 4 nitrogen and oxygen atoms in total. The summed E-state index contributed by atoms with van der Waals surface area (Å²) >= 11 is 1.65. The lowest BCUT2D eigenvalue weighted by Crippen LogP contribution is -2.44. The predicted octanol–water partition coefficient (Wildman–Crippen LogP) is 3.13. The van der Waals surface area contributed by atoms with Crippen LogP contribution in [0, 0.1) is 5.92 Å². The number of hydrogen-bond acceptors (Lipinski definition) is 3. The number of aryl methyl sites for hydroxylation is 2. The van der Waals surface area contributed by atoms with E-state index < -0.39 is 0 Å². The fourth-order valence-electron chi connectivity index (χ4n) is 4.45. The van der Waals surface area contributed by atoms with Gasteiger partial charge in [0.05, 0.1) is 5.75 Å². The third kappa shape index (κ3) is 3.93. The van der Waals surface area contributed by atoms with Crippen LogP contribution in [-0.2, 0) is 22.4 Å². The van der Waals surface area contributed by atoms with Gasteiger partial charge in [-0.3, -0.25) is 9.59 Å². The molecule has 3 aliphatic rings. The van der Waals surface area contributed by atoms with Gasteiger partial charge in [0.2, 0.25) is 11.8 Å². The highest BCUT2D eigenvalue weighted by Gasteiger charge is 2.31. The van der Waals surface area contributed by atoms with Crippen molar-refractivity contribution in [2.45, 2.75) is 49.8 Å². The zero-order valence-corrected chi connectivity index (χ0v) is 16.2. The first-order chi connectivity index (χ1) is 12.7. The first-order valence-corrected chi connectivity index (χ1v) is 11.0. The minimum atomic E-state index is 0.126. The maximum Gasteiger partial charge on any atom is 0.232 e. The smallest absolute Gasteiger partial charge is 0.232 e. The molecule has 2 heterocycles. The van der Waals surface area contributed by atoms with Gasteiger partial charge < -0.3 is 9.80 Å². The number of carbonyl (C=O) groups excluding carboxylic acids is 2. The Morgan fingerprint density at radius 2 is 1.65 bits per heavy atom. The van der Waals surface area contributed by atoms with Crippen molar-refractivity contribution in [3.8, 4) is 0 Å².